The molecule has 1 radical (unpaired) electrons. The molecule has 1 aromatic carbocycles. The number of hydrogen-bond acceptors (Lipinski definition) is 0. The van der Waals surface area contributed by atoms with Gasteiger partial charge in [-0.2, -0.15) is 0 Å². The third-order valence-corrected chi connectivity index (χ3v) is 3.19. The summed E-state index contributed by atoms with van der Waals surface area (Å²) in [4.78, 5) is 0. The summed E-state index contributed by atoms with van der Waals surface area (Å²) in [5, 5.41) is 0. The Morgan fingerprint density at radius 2 is 2.21 bits per heavy atom. The number of fused-ring (bicyclic) bond motifs is 1. The molecule has 0 aliphatic heterocycles. The largest absolute Gasteiger partial charge is 0.0654 e. The zero-order valence-corrected chi connectivity index (χ0v) is 9.00. The Hall–Kier alpha value is -0.780. The maximum atomic E-state index is 2.52. The van der Waals surface area contributed by atoms with Crippen molar-refractivity contribution in [3.8, 4) is 0 Å². The smallest absolute Gasteiger partial charge is 0.0125 e. The van der Waals surface area contributed by atoms with Gasteiger partial charge >= 0.3 is 0 Å². The molecule has 0 bridgehead atoms. The van der Waals surface area contributed by atoms with Gasteiger partial charge in [-0.15, -0.1) is 0 Å². The van der Waals surface area contributed by atoms with Gasteiger partial charge in [0, 0.05) is 0 Å². The molecule has 0 nitrogen and oxygen atoms in total. The maximum absolute atomic E-state index is 2.52. The summed E-state index contributed by atoms with van der Waals surface area (Å²) < 4.78 is 0. The molecule has 75 valence electrons. The fourth-order valence-electron chi connectivity index (χ4n) is 2.36. The van der Waals surface area contributed by atoms with Crippen LogP contribution >= 0.6 is 0 Å². The Morgan fingerprint density at radius 3 is 3.07 bits per heavy atom. The minimum atomic E-state index is 0.748. The Balaban J connectivity index is 1.96. The lowest BCUT2D eigenvalue weighted by Crippen LogP contribution is -1.94. The van der Waals surface area contributed by atoms with E-state index in [2.05, 4.69) is 37.6 Å². The van der Waals surface area contributed by atoms with Crippen molar-refractivity contribution in [3.05, 3.63) is 41.8 Å². The van der Waals surface area contributed by atoms with Gasteiger partial charge in [0.2, 0.25) is 0 Å². The molecule has 0 aromatic heterocycles. The molecule has 0 fully saturated rings. The molecular formula is C14H19. The summed E-state index contributed by atoms with van der Waals surface area (Å²) in [5.41, 5.74) is 3.16. The third kappa shape index (κ3) is 2.00. The minimum Gasteiger partial charge on any atom is -0.0654 e. The number of benzene rings is 1. The summed E-state index contributed by atoms with van der Waals surface area (Å²) in [6, 6.07) is 8.91. The summed E-state index contributed by atoms with van der Waals surface area (Å²) in [5.74, 6) is 0.748. The SMILES string of the molecule is CCCC[CH]C1CCc2ccccc21. The van der Waals surface area contributed by atoms with E-state index in [0.29, 0.717) is 0 Å². The zero-order chi connectivity index (χ0) is 9.80. The predicted octanol–water partition coefficient (Wildman–Crippen LogP) is 4.11. The monoisotopic (exact) mass is 187 g/mol. The van der Waals surface area contributed by atoms with Crippen LogP contribution < -0.4 is 0 Å². The Labute approximate surface area is 87.3 Å². The van der Waals surface area contributed by atoms with Gasteiger partial charge in [0.1, 0.15) is 0 Å². The lowest BCUT2D eigenvalue weighted by molar-refractivity contribution is 0.681. The quantitative estimate of drug-likeness (QED) is 0.622. The molecular weight excluding hydrogens is 168 g/mol. The van der Waals surface area contributed by atoms with E-state index in [4.69, 9.17) is 0 Å². The number of aryl methyl sites for hydroxylation is 1. The molecule has 0 saturated carbocycles. The second kappa shape index (κ2) is 4.63. The van der Waals surface area contributed by atoms with Crippen LogP contribution in [0, 0.1) is 6.42 Å². The molecule has 1 aliphatic carbocycles. The van der Waals surface area contributed by atoms with Crippen molar-refractivity contribution in [1.82, 2.24) is 0 Å². The molecule has 0 N–H and O–H groups in total. The van der Waals surface area contributed by atoms with Crippen LogP contribution in [0.3, 0.4) is 0 Å². The highest BCUT2D eigenvalue weighted by Gasteiger charge is 2.20. The van der Waals surface area contributed by atoms with Crippen molar-refractivity contribution in [1.29, 1.82) is 0 Å². The van der Waals surface area contributed by atoms with E-state index in [1.54, 1.807) is 11.1 Å². The maximum Gasteiger partial charge on any atom is -0.0125 e. The molecule has 0 spiro atoms. The Bertz CT molecular complexity index is 288. The molecule has 0 saturated heterocycles. The first-order valence-electron chi connectivity index (χ1n) is 5.83. The average Bonchev–Trinajstić information content (AvgIpc) is 2.63. The fraction of sp³-hybridized carbons (Fsp3) is 0.500. The number of unbranched alkanes of at least 4 members (excludes halogenated alkanes) is 2. The van der Waals surface area contributed by atoms with Crippen molar-refractivity contribution >= 4 is 0 Å². The standard InChI is InChI=1S/C14H19/c1-2-3-4-7-12-10-11-13-8-5-6-9-14(12)13/h5-9,12H,2-4,10-11H2,1H3. The van der Waals surface area contributed by atoms with Crippen molar-refractivity contribution in [3.63, 3.8) is 0 Å². The number of hydrogen-bond donors (Lipinski definition) is 0. The van der Waals surface area contributed by atoms with E-state index in [-0.39, 0.29) is 0 Å². The number of rotatable bonds is 4. The van der Waals surface area contributed by atoms with E-state index in [9.17, 15) is 0 Å². The van der Waals surface area contributed by atoms with Crippen LogP contribution in [0.4, 0.5) is 0 Å². The first-order chi connectivity index (χ1) is 6.92. The van der Waals surface area contributed by atoms with Crippen LogP contribution in [-0.2, 0) is 6.42 Å². The van der Waals surface area contributed by atoms with Crippen molar-refractivity contribution in [2.24, 2.45) is 0 Å². The molecule has 1 atom stereocenters. The summed E-state index contributed by atoms with van der Waals surface area (Å²) in [6.45, 7) is 2.26. The van der Waals surface area contributed by atoms with E-state index >= 15 is 0 Å². The molecule has 1 aliphatic rings. The predicted molar refractivity (Wildman–Crippen MR) is 61.3 cm³/mol. The molecule has 1 aromatic rings. The molecule has 0 heteroatoms. The van der Waals surface area contributed by atoms with Crippen LogP contribution in [0.5, 0.6) is 0 Å². The van der Waals surface area contributed by atoms with Crippen molar-refractivity contribution in [2.75, 3.05) is 0 Å². The van der Waals surface area contributed by atoms with Gasteiger partial charge in [0.05, 0.1) is 0 Å². The van der Waals surface area contributed by atoms with Crippen LogP contribution in [0.2, 0.25) is 0 Å². The van der Waals surface area contributed by atoms with E-state index < -0.39 is 0 Å². The second-order valence-electron chi connectivity index (χ2n) is 4.22. The second-order valence-corrected chi connectivity index (χ2v) is 4.22. The highest BCUT2D eigenvalue weighted by atomic mass is 14.2. The van der Waals surface area contributed by atoms with Crippen LogP contribution in [0.25, 0.3) is 0 Å². The van der Waals surface area contributed by atoms with Gasteiger partial charge in [0.25, 0.3) is 0 Å². The molecule has 14 heavy (non-hydrogen) atoms. The van der Waals surface area contributed by atoms with Gasteiger partial charge in [0.15, 0.2) is 0 Å². The van der Waals surface area contributed by atoms with Gasteiger partial charge < -0.3 is 0 Å². The summed E-state index contributed by atoms with van der Waals surface area (Å²) in [7, 11) is 0. The van der Waals surface area contributed by atoms with Crippen molar-refractivity contribution in [2.45, 2.75) is 44.9 Å². The average molecular weight is 187 g/mol. The fourth-order valence-corrected chi connectivity index (χ4v) is 2.36. The van der Waals surface area contributed by atoms with Crippen LogP contribution in [0.15, 0.2) is 24.3 Å². The lowest BCUT2D eigenvalue weighted by atomic mass is 9.95. The topological polar surface area (TPSA) is 0 Å². The first kappa shape index (κ1) is 9.76. The molecule has 0 heterocycles. The lowest BCUT2D eigenvalue weighted by Gasteiger charge is -2.10. The molecule has 2 rings (SSSR count). The normalized spacial score (nSPS) is 19.6. The Kier molecular flexibility index (Phi) is 3.23. The molecule has 0 amide bonds. The highest BCUT2D eigenvalue weighted by molar-refractivity contribution is 5.36. The van der Waals surface area contributed by atoms with Crippen molar-refractivity contribution < 1.29 is 0 Å². The van der Waals surface area contributed by atoms with Gasteiger partial charge in [-0.3, -0.25) is 0 Å². The van der Waals surface area contributed by atoms with Crippen LogP contribution in [-0.4, -0.2) is 0 Å². The van der Waals surface area contributed by atoms with E-state index in [0.717, 1.165) is 5.92 Å². The van der Waals surface area contributed by atoms with Gasteiger partial charge in [-0.1, -0.05) is 44.0 Å². The minimum absolute atomic E-state index is 0.748. The van der Waals surface area contributed by atoms with Gasteiger partial charge in [-0.05, 0) is 42.7 Å². The van der Waals surface area contributed by atoms with Gasteiger partial charge in [-0.25, -0.2) is 0 Å². The van der Waals surface area contributed by atoms with E-state index in [1.165, 1.54) is 32.1 Å². The molecule has 1 unspecified atom stereocenters. The Morgan fingerprint density at radius 1 is 1.36 bits per heavy atom. The first-order valence-corrected chi connectivity index (χ1v) is 5.83. The van der Waals surface area contributed by atoms with Crippen LogP contribution in [0.1, 0.15) is 49.7 Å². The highest BCUT2D eigenvalue weighted by Crippen LogP contribution is 2.35. The zero-order valence-electron chi connectivity index (χ0n) is 9.00. The third-order valence-electron chi connectivity index (χ3n) is 3.19. The van der Waals surface area contributed by atoms with E-state index in [1.807, 2.05) is 0 Å². The summed E-state index contributed by atoms with van der Waals surface area (Å²) in [6.07, 6.45) is 9.08. The summed E-state index contributed by atoms with van der Waals surface area (Å²) >= 11 is 0.